The first-order chi connectivity index (χ1) is 14.7. The van der Waals surface area contributed by atoms with Crippen molar-refractivity contribution in [2.75, 3.05) is 7.11 Å². The molecular weight excluding hydrogens is 396 g/mol. The Labute approximate surface area is 188 Å². The molecule has 0 saturated carbocycles. The zero-order valence-corrected chi connectivity index (χ0v) is 20.6. The van der Waals surface area contributed by atoms with E-state index in [0.717, 1.165) is 11.3 Å². The van der Waals surface area contributed by atoms with E-state index in [9.17, 15) is 0 Å². The van der Waals surface area contributed by atoms with E-state index in [-0.39, 0.29) is 5.04 Å². The minimum Gasteiger partial charge on any atom is -0.497 e. The number of benzene rings is 3. The van der Waals surface area contributed by atoms with Crippen LogP contribution in [0.1, 0.15) is 43.0 Å². The van der Waals surface area contributed by atoms with Gasteiger partial charge in [0.2, 0.25) is 0 Å². The third kappa shape index (κ3) is 5.75. The minimum atomic E-state index is -1.85. The van der Waals surface area contributed by atoms with Gasteiger partial charge in [-0.3, -0.25) is 0 Å². The first kappa shape index (κ1) is 23.0. The number of hydrogen-bond donors (Lipinski definition) is 0. The fourth-order valence-corrected chi connectivity index (χ4v) is 4.14. The van der Waals surface area contributed by atoms with Gasteiger partial charge in [0.05, 0.1) is 13.7 Å². The summed E-state index contributed by atoms with van der Waals surface area (Å²) in [5, 5.41) is 0.181. The summed E-state index contributed by atoms with van der Waals surface area (Å²) in [6.07, 6.45) is 2.26. The van der Waals surface area contributed by atoms with Crippen LogP contribution in [-0.2, 0) is 11.0 Å². The first-order valence-corrected chi connectivity index (χ1v) is 13.8. The summed E-state index contributed by atoms with van der Waals surface area (Å²) in [6, 6.07) is 27.3. The van der Waals surface area contributed by atoms with Gasteiger partial charge in [0.15, 0.2) is 8.32 Å². The summed E-state index contributed by atoms with van der Waals surface area (Å²) < 4.78 is 12.0. The van der Waals surface area contributed by atoms with Crippen LogP contribution in [0.3, 0.4) is 0 Å². The fraction of sp³-hybridized carbons (Fsp3) is 0.286. The summed E-state index contributed by atoms with van der Waals surface area (Å²) in [7, 11) is -0.150. The van der Waals surface area contributed by atoms with Gasteiger partial charge in [-0.25, -0.2) is 0 Å². The van der Waals surface area contributed by atoms with Crippen LogP contribution in [0, 0.1) is 0 Å². The Morgan fingerprint density at radius 2 is 1.45 bits per heavy atom. The highest BCUT2D eigenvalue weighted by Crippen LogP contribution is 2.38. The maximum Gasteiger partial charge on any atom is 0.192 e. The average Bonchev–Trinajstić information content (AvgIpc) is 2.76. The van der Waals surface area contributed by atoms with Gasteiger partial charge < -0.3 is 9.16 Å². The molecule has 0 radical (unpaired) electrons. The molecule has 0 saturated heterocycles. The van der Waals surface area contributed by atoms with Crippen LogP contribution in [0.4, 0.5) is 0 Å². The number of rotatable bonds is 7. The third-order valence-electron chi connectivity index (χ3n) is 6.21. The van der Waals surface area contributed by atoms with E-state index in [1.54, 1.807) is 7.11 Å². The van der Waals surface area contributed by atoms with E-state index in [0.29, 0.717) is 6.61 Å². The predicted molar refractivity (Wildman–Crippen MR) is 135 cm³/mol. The smallest absolute Gasteiger partial charge is 0.192 e. The molecule has 3 aromatic carbocycles. The molecule has 0 spiro atoms. The van der Waals surface area contributed by atoms with Crippen molar-refractivity contribution < 1.29 is 9.16 Å². The normalized spacial score (nSPS) is 12.6. The molecule has 3 rings (SSSR count). The highest BCUT2D eigenvalue weighted by molar-refractivity contribution is 6.74. The first-order valence-electron chi connectivity index (χ1n) is 10.8. The summed E-state index contributed by atoms with van der Waals surface area (Å²) in [4.78, 5) is 0. The van der Waals surface area contributed by atoms with E-state index in [4.69, 9.17) is 9.16 Å². The molecule has 3 aromatic rings. The van der Waals surface area contributed by atoms with Crippen LogP contribution in [0.15, 0.2) is 78.9 Å². The Kier molecular flexibility index (Phi) is 7.19. The van der Waals surface area contributed by atoms with Crippen LogP contribution < -0.4 is 4.74 Å². The largest absolute Gasteiger partial charge is 0.497 e. The van der Waals surface area contributed by atoms with Crippen LogP contribution in [0.5, 0.6) is 5.75 Å². The van der Waals surface area contributed by atoms with Crippen molar-refractivity contribution in [1.82, 2.24) is 0 Å². The molecule has 0 heterocycles. The highest BCUT2D eigenvalue weighted by atomic mass is 28.4. The van der Waals surface area contributed by atoms with E-state index >= 15 is 0 Å². The van der Waals surface area contributed by atoms with Crippen LogP contribution >= 0.6 is 0 Å². The van der Waals surface area contributed by atoms with Crippen molar-refractivity contribution in [3.05, 3.63) is 101 Å². The van der Waals surface area contributed by atoms with Gasteiger partial charge in [0.1, 0.15) is 5.75 Å². The lowest BCUT2D eigenvalue weighted by Gasteiger charge is -2.36. The van der Waals surface area contributed by atoms with Crippen LogP contribution in [-0.4, -0.2) is 15.4 Å². The molecule has 0 aliphatic carbocycles. The molecule has 0 amide bonds. The molecule has 0 bridgehead atoms. The molecule has 31 heavy (non-hydrogen) atoms. The molecule has 0 N–H and O–H groups in total. The Balaban J connectivity index is 2.05. The van der Waals surface area contributed by atoms with E-state index in [1.807, 2.05) is 18.2 Å². The molecule has 0 atom stereocenters. The molecule has 2 nitrogen and oxygen atoms in total. The lowest BCUT2D eigenvalue weighted by Crippen LogP contribution is -2.40. The third-order valence-corrected chi connectivity index (χ3v) is 10.7. The Hall–Kier alpha value is -2.62. The zero-order chi connectivity index (χ0) is 22.5. The maximum absolute atomic E-state index is 6.59. The van der Waals surface area contributed by atoms with Crippen molar-refractivity contribution in [2.24, 2.45) is 0 Å². The number of methoxy groups -OCH3 is 1. The number of hydrogen-bond acceptors (Lipinski definition) is 2. The van der Waals surface area contributed by atoms with Crippen molar-refractivity contribution in [1.29, 1.82) is 0 Å². The molecule has 0 unspecified atom stereocenters. The molecule has 0 aromatic heterocycles. The standard InChI is InChI=1S/C28H34O2Si/c1-28(2,3)31(5,6)30-21-24-14-10-11-15-26(24)27(20-22-12-8-7-9-13-22)23-16-18-25(29-4)19-17-23/h7-20H,21H2,1-6H3/b27-20-. The maximum atomic E-state index is 6.59. The summed E-state index contributed by atoms with van der Waals surface area (Å²) in [6.45, 7) is 12.1. The van der Waals surface area contributed by atoms with Crippen LogP contribution in [0.25, 0.3) is 11.6 Å². The molecule has 0 aliphatic heterocycles. The van der Waals surface area contributed by atoms with Gasteiger partial charge in [-0.15, -0.1) is 0 Å². The zero-order valence-electron chi connectivity index (χ0n) is 19.6. The molecule has 162 valence electrons. The van der Waals surface area contributed by atoms with Crippen molar-refractivity contribution in [3.8, 4) is 5.75 Å². The van der Waals surface area contributed by atoms with Gasteiger partial charge in [-0.05, 0) is 64.2 Å². The summed E-state index contributed by atoms with van der Waals surface area (Å²) >= 11 is 0. The van der Waals surface area contributed by atoms with Gasteiger partial charge in [0.25, 0.3) is 0 Å². The topological polar surface area (TPSA) is 18.5 Å². The summed E-state index contributed by atoms with van der Waals surface area (Å²) in [5.74, 6) is 0.859. The van der Waals surface area contributed by atoms with Crippen molar-refractivity contribution in [3.63, 3.8) is 0 Å². The van der Waals surface area contributed by atoms with E-state index < -0.39 is 8.32 Å². The lowest BCUT2D eigenvalue weighted by molar-refractivity contribution is 0.276. The van der Waals surface area contributed by atoms with E-state index in [2.05, 4.69) is 101 Å². The Bertz CT molecular complexity index is 1010. The summed E-state index contributed by atoms with van der Waals surface area (Å²) in [5.41, 5.74) is 5.93. The molecule has 0 aliphatic rings. The second-order valence-electron chi connectivity index (χ2n) is 9.40. The SMILES string of the molecule is COc1ccc(/C(=C/c2ccccc2)c2ccccc2CO[Si](C)(C)C(C)(C)C)cc1. The lowest BCUT2D eigenvalue weighted by atomic mass is 9.92. The molecule has 0 fully saturated rings. The molecular formula is C28H34O2Si. The van der Waals surface area contributed by atoms with Gasteiger partial charge in [-0.1, -0.05) is 87.5 Å². The average molecular weight is 431 g/mol. The van der Waals surface area contributed by atoms with Gasteiger partial charge in [0, 0.05) is 0 Å². The Morgan fingerprint density at radius 1 is 0.839 bits per heavy atom. The van der Waals surface area contributed by atoms with Gasteiger partial charge in [-0.2, -0.15) is 0 Å². The Morgan fingerprint density at radius 3 is 2.06 bits per heavy atom. The minimum absolute atomic E-state index is 0.181. The van der Waals surface area contributed by atoms with Crippen LogP contribution in [0.2, 0.25) is 18.1 Å². The fourth-order valence-electron chi connectivity index (χ4n) is 3.19. The monoisotopic (exact) mass is 430 g/mol. The quantitative estimate of drug-likeness (QED) is 0.281. The van der Waals surface area contributed by atoms with E-state index in [1.165, 1.54) is 22.3 Å². The number of ether oxygens (including phenoxy) is 1. The van der Waals surface area contributed by atoms with Crippen molar-refractivity contribution >= 4 is 20.0 Å². The molecule has 3 heteroatoms. The highest BCUT2D eigenvalue weighted by Gasteiger charge is 2.37. The second kappa shape index (κ2) is 9.67. The van der Waals surface area contributed by atoms with Gasteiger partial charge >= 0.3 is 0 Å². The second-order valence-corrected chi connectivity index (χ2v) is 14.2. The van der Waals surface area contributed by atoms with Crippen molar-refractivity contribution in [2.45, 2.75) is 45.5 Å². The predicted octanol–water partition coefficient (Wildman–Crippen LogP) is 7.81.